The Balaban J connectivity index is 3.16. The number of alkyl halides is 2. The van der Waals surface area contributed by atoms with Crippen molar-refractivity contribution in [2.75, 3.05) is 0 Å². The highest BCUT2D eigenvalue weighted by Crippen LogP contribution is 2.73. The van der Waals surface area contributed by atoms with Crippen molar-refractivity contribution in [2.45, 2.75) is 51.3 Å². The fraction of sp³-hybridized carbons (Fsp3) is 1.00. The third-order valence-corrected chi connectivity index (χ3v) is 6.59. The number of hydrogen-bond acceptors (Lipinski definition) is 0. The molecule has 0 aromatic heterocycles. The second-order valence-electron chi connectivity index (χ2n) is 5.26. The van der Waals surface area contributed by atoms with Crippen molar-refractivity contribution in [1.29, 1.82) is 0 Å². The average molecular weight is 209 g/mol. The van der Waals surface area contributed by atoms with Crippen LogP contribution in [0.3, 0.4) is 0 Å². The normalized spacial score (nSPS) is 50.0. The third kappa shape index (κ3) is 0.726. The average Bonchev–Trinajstić information content (AvgIpc) is 1.84. The second kappa shape index (κ2) is 2.15. The predicted octanol–water partition coefficient (Wildman–Crippen LogP) is 4.05. The lowest BCUT2D eigenvalue weighted by Gasteiger charge is -2.72. The van der Waals surface area contributed by atoms with Gasteiger partial charge in [-0.05, 0) is 24.7 Å². The van der Waals surface area contributed by atoms with Gasteiger partial charge in [-0.25, -0.2) is 0 Å². The molecule has 0 aliphatic heterocycles. The molecule has 1 aliphatic rings. The van der Waals surface area contributed by atoms with E-state index < -0.39 is 0 Å². The maximum atomic E-state index is 6.44. The van der Waals surface area contributed by atoms with E-state index in [2.05, 4.69) is 27.7 Å². The Morgan fingerprint density at radius 1 is 0.583 bits per heavy atom. The fourth-order valence-electron chi connectivity index (χ4n) is 2.28. The minimum absolute atomic E-state index is 0.0814. The Morgan fingerprint density at radius 3 is 0.833 bits per heavy atom. The van der Waals surface area contributed by atoms with Crippen LogP contribution in [0.4, 0.5) is 0 Å². The van der Waals surface area contributed by atoms with Crippen molar-refractivity contribution in [3.8, 4) is 0 Å². The highest BCUT2D eigenvalue weighted by molar-refractivity contribution is 6.37. The van der Waals surface area contributed by atoms with E-state index in [4.69, 9.17) is 23.2 Å². The minimum Gasteiger partial charge on any atom is -0.117 e. The van der Waals surface area contributed by atoms with Gasteiger partial charge in [-0.3, -0.25) is 0 Å². The molecule has 0 spiro atoms. The molecule has 2 heteroatoms. The first-order valence-electron chi connectivity index (χ1n) is 4.38. The van der Waals surface area contributed by atoms with Crippen molar-refractivity contribution in [2.24, 2.45) is 10.8 Å². The Hall–Kier alpha value is 0.580. The number of hydrogen-bond donors (Lipinski definition) is 0. The Labute approximate surface area is 85.6 Å². The number of halogens is 2. The topological polar surface area (TPSA) is 0 Å². The van der Waals surface area contributed by atoms with Crippen LogP contribution in [0.25, 0.3) is 0 Å². The Morgan fingerprint density at radius 2 is 0.750 bits per heavy atom. The summed E-state index contributed by atoms with van der Waals surface area (Å²) in [6.45, 7) is 12.8. The molecule has 2 atom stereocenters. The summed E-state index contributed by atoms with van der Waals surface area (Å²) < 4.78 is 0. The van der Waals surface area contributed by atoms with Crippen molar-refractivity contribution in [3.63, 3.8) is 0 Å². The van der Waals surface area contributed by atoms with E-state index in [0.717, 1.165) is 0 Å². The molecular weight excluding hydrogens is 191 g/mol. The zero-order valence-corrected chi connectivity index (χ0v) is 10.3. The van der Waals surface area contributed by atoms with Crippen molar-refractivity contribution in [1.82, 2.24) is 0 Å². The van der Waals surface area contributed by atoms with E-state index in [1.54, 1.807) is 0 Å². The number of rotatable bonds is 0. The summed E-state index contributed by atoms with van der Waals surface area (Å²) >= 11 is 12.9. The van der Waals surface area contributed by atoms with Gasteiger partial charge in [-0.1, -0.05) is 27.7 Å². The summed E-state index contributed by atoms with van der Waals surface area (Å²) in [5.74, 6) is 0. The van der Waals surface area contributed by atoms with Crippen LogP contribution in [-0.4, -0.2) is 9.75 Å². The molecule has 2 unspecified atom stereocenters. The van der Waals surface area contributed by atoms with Crippen LogP contribution in [0.2, 0.25) is 0 Å². The standard InChI is InChI=1S/C10H18Cl2/c1-7(2)8(3,4)10(6,12)9(7,5)11/h1-6H3. The zero-order chi connectivity index (χ0) is 10.0. The van der Waals surface area contributed by atoms with Crippen LogP contribution >= 0.6 is 23.2 Å². The lowest BCUT2D eigenvalue weighted by molar-refractivity contribution is -0.107. The maximum absolute atomic E-state index is 6.44. The molecule has 12 heavy (non-hydrogen) atoms. The van der Waals surface area contributed by atoms with Gasteiger partial charge in [0.1, 0.15) is 0 Å². The molecule has 1 aliphatic carbocycles. The van der Waals surface area contributed by atoms with Crippen LogP contribution in [0.5, 0.6) is 0 Å². The molecule has 0 N–H and O–H groups in total. The predicted molar refractivity (Wildman–Crippen MR) is 56.1 cm³/mol. The minimum atomic E-state index is -0.314. The van der Waals surface area contributed by atoms with Gasteiger partial charge in [0.15, 0.2) is 0 Å². The molecule has 1 fully saturated rings. The zero-order valence-electron chi connectivity index (χ0n) is 8.76. The van der Waals surface area contributed by atoms with Crippen molar-refractivity contribution < 1.29 is 0 Å². The first kappa shape index (κ1) is 10.7. The fourth-order valence-corrected chi connectivity index (χ4v) is 3.23. The smallest absolute Gasteiger partial charge is 0.0668 e. The molecule has 0 heterocycles. The summed E-state index contributed by atoms with van der Waals surface area (Å²) in [5, 5.41) is 0. The van der Waals surface area contributed by atoms with Gasteiger partial charge in [-0.15, -0.1) is 23.2 Å². The molecule has 1 saturated carbocycles. The van der Waals surface area contributed by atoms with Crippen LogP contribution in [0, 0.1) is 10.8 Å². The summed E-state index contributed by atoms with van der Waals surface area (Å²) in [5.41, 5.74) is 0.163. The highest BCUT2D eigenvalue weighted by Gasteiger charge is 2.75. The SMILES string of the molecule is CC1(C)C(C)(C)C(C)(Cl)C1(C)Cl. The molecule has 0 amide bonds. The molecule has 0 bridgehead atoms. The van der Waals surface area contributed by atoms with Gasteiger partial charge in [0.25, 0.3) is 0 Å². The van der Waals surface area contributed by atoms with Gasteiger partial charge in [0.05, 0.1) is 9.75 Å². The van der Waals surface area contributed by atoms with Crippen LogP contribution in [0.15, 0.2) is 0 Å². The lowest BCUT2D eigenvalue weighted by Crippen LogP contribution is -2.76. The Kier molecular flexibility index (Phi) is 1.91. The molecule has 0 aromatic rings. The molecule has 0 aromatic carbocycles. The Bertz CT molecular complexity index is 148. The van der Waals surface area contributed by atoms with Crippen LogP contribution in [0.1, 0.15) is 41.5 Å². The van der Waals surface area contributed by atoms with E-state index in [1.165, 1.54) is 0 Å². The summed E-state index contributed by atoms with van der Waals surface area (Å²) in [7, 11) is 0. The molecule has 72 valence electrons. The van der Waals surface area contributed by atoms with Crippen molar-refractivity contribution in [3.05, 3.63) is 0 Å². The molecule has 0 saturated heterocycles. The quantitative estimate of drug-likeness (QED) is 0.528. The van der Waals surface area contributed by atoms with E-state index in [-0.39, 0.29) is 20.6 Å². The highest BCUT2D eigenvalue weighted by atomic mass is 35.5. The monoisotopic (exact) mass is 208 g/mol. The molecular formula is C10H18Cl2. The molecule has 0 nitrogen and oxygen atoms in total. The first-order chi connectivity index (χ1) is 5.00. The van der Waals surface area contributed by atoms with Crippen LogP contribution in [-0.2, 0) is 0 Å². The van der Waals surface area contributed by atoms with E-state index in [9.17, 15) is 0 Å². The second-order valence-corrected chi connectivity index (χ2v) is 6.77. The third-order valence-electron chi connectivity index (χ3n) is 4.79. The van der Waals surface area contributed by atoms with Gasteiger partial charge >= 0.3 is 0 Å². The molecule has 0 radical (unpaired) electrons. The van der Waals surface area contributed by atoms with Gasteiger partial charge < -0.3 is 0 Å². The maximum Gasteiger partial charge on any atom is 0.0668 e. The van der Waals surface area contributed by atoms with Gasteiger partial charge in [0, 0.05) is 0 Å². The summed E-state index contributed by atoms with van der Waals surface area (Å²) in [6, 6.07) is 0. The van der Waals surface area contributed by atoms with Crippen molar-refractivity contribution >= 4 is 23.2 Å². The van der Waals surface area contributed by atoms with E-state index in [0.29, 0.717) is 0 Å². The summed E-state index contributed by atoms with van der Waals surface area (Å²) in [4.78, 5) is -0.629. The van der Waals surface area contributed by atoms with E-state index in [1.807, 2.05) is 13.8 Å². The van der Waals surface area contributed by atoms with E-state index >= 15 is 0 Å². The summed E-state index contributed by atoms with van der Waals surface area (Å²) in [6.07, 6.45) is 0. The first-order valence-corrected chi connectivity index (χ1v) is 5.13. The van der Waals surface area contributed by atoms with Gasteiger partial charge in [0.2, 0.25) is 0 Å². The largest absolute Gasteiger partial charge is 0.117 e. The van der Waals surface area contributed by atoms with Gasteiger partial charge in [-0.2, -0.15) is 0 Å². The molecule has 1 rings (SSSR count). The van der Waals surface area contributed by atoms with Crippen LogP contribution < -0.4 is 0 Å². The lowest BCUT2D eigenvalue weighted by atomic mass is 9.40.